The van der Waals surface area contributed by atoms with Crippen LogP contribution < -0.4 is 5.32 Å². The second kappa shape index (κ2) is 21.8. The van der Waals surface area contributed by atoms with Crippen LogP contribution in [0, 0.1) is 16.7 Å². The Hall–Kier alpha value is -6.81. The average Bonchev–Trinajstić information content (AvgIpc) is 3.35. The van der Waals surface area contributed by atoms with Gasteiger partial charge in [0.2, 0.25) is 6.10 Å². The highest BCUT2D eigenvalue weighted by Gasteiger charge is 2.79. The summed E-state index contributed by atoms with van der Waals surface area (Å²) in [4.78, 5) is 132. The van der Waals surface area contributed by atoms with Crippen LogP contribution in [0.3, 0.4) is 0 Å². The first-order valence-corrected chi connectivity index (χ1v) is 25.4. The van der Waals surface area contributed by atoms with Gasteiger partial charge >= 0.3 is 43.8 Å². The predicted molar refractivity (Wildman–Crippen MR) is 255 cm³/mol. The lowest BCUT2D eigenvalue weighted by Crippen LogP contribution is -2.82. The molecule has 0 aromatic heterocycles. The molecule has 1 heterocycles. The Labute approximate surface area is 430 Å². The number of amides is 1. The van der Waals surface area contributed by atoms with Gasteiger partial charge in [0.15, 0.2) is 24.1 Å². The highest BCUT2D eigenvalue weighted by Crippen LogP contribution is 2.65. The zero-order valence-corrected chi connectivity index (χ0v) is 42.8. The number of phosphoric acid groups is 1. The Morgan fingerprint density at radius 2 is 1.43 bits per heavy atom. The lowest BCUT2D eigenvalue weighted by Gasteiger charge is -2.67. The predicted octanol–water partition coefficient (Wildman–Crippen LogP) is 4.58. The van der Waals surface area contributed by atoms with Gasteiger partial charge in [-0.15, -0.1) is 0 Å². The largest absolute Gasteiger partial charge is 0.509 e. The Kier molecular flexibility index (Phi) is 16.3. The highest BCUT2D eigenvalue weighted by molar-refractivity contribution is 7.46. The van der Waals surface area contributed by atoms with Crippen LogP contribution in [0.15, 0.2) is 102 Å². The number of fused-ring (bicyclic) bond motifs is 5. The molecular weight excluding hydrogens is 1010 g/mol. The summed E-state index contributed by atoms with van der Waals surface area (Å²) in [7, 11) is -5.27. The van der Waals surface area contributed by atoms with Crippen LogP contribution in [-0.2, 0) is 71.0 Å². The van der Waals surface area contributed by atoms with Gasteiger partial charge in [0.25, 0.3) is 5.91 Å². The quantitative estimate of drug-likeness (QED) is 0.0660. The van der Waals surface area contributed by atoms with E-state index >= 15 is 9.59 Å². The molecule has 4 aliphatic rings. The fraction of sp³-hybridized carbons (Fsp3) is 0.462. The third-order valence-corrected chi connectivity index (χ3v) is 15.0. The minimum absolute atomic E-state index is 0.00577. The number of hydrogen-bond acceptors (Lipinski definition) is 19. The maximum absolute atomic E-state index is 16.1. The summed E-state index contributed by atoms with van der Waals surface area (Å²) in [6, 6.07) is 21.9. The molecule has 3 aliphatic carbocycles. The number of carbonyl (C=O) groups is 8. The average molecular weight is 1060 g/mol. The Morgan fingerprint density at radius 3 is 1.97 bits per heavy atom. The van der Waals surface area contributed by atoms with Gasteiger partial charge in [-0.1, -0.05) is 80.6 Å². The van der Waals surface area contributed by atoms with Crippen LogP contribution in [0.4, 0.5) is 4.79 Å². The van der Waals surface area contributed by atoms with Gasteiger partial charge in [-0.2, -0.15) is 0 Å². The molecule has 2 bridgehead atoms. The third kappa shape index (κ3) is 11.0. The second-order valence-corrected chi connectivity index (χ2v) is 20.6. The first kappa shape index (κ1) is 55.9. The van der Waals surface area contributed by atoms with Crippen molar-refractivity contribution in [2.24, 2.45) is 16.7 Å². The Morgan fingerprint density at radius 1 is 0.827 bits per heavy atom. The number of phosphoric ester groups is 1. The molecule has 3 fully saturated rings. The van der Waals surface area contributed by atoms with Crippen molar-refractivity contribution in [1.29, 1.82) is 0 Å². The maximum atomic E-state index is 16.1. The number of hydrogen-bond donors (Lipinski definition) is 4. The minimum Gasteiger partial charge on any atom is -0.459 e. The molecule has 1 saturated heterocycles. The standard InChI is InChI=1S/C52H58NO21P/c1-8-66-48(61)72-41(39(31-18-12-9-13-19-31)53-45(58)32-20-14-10-15-21-32)47(60)70-34-25-52(62)44(73-46(59)33-22-16-11-17-23-33)42-50(7,43(57)40(69-29(3)54)38(28(34)2)49(52,5)6)35(71-37(56)26-68-75(63,64)65)24-36-51(42,27-67-36)74-30(4)55/h9-23,34-36,39-42,44,62H,8,24-27H2,1-7H3,(H,53,58)(H2,63,64,65)/t34-,35-,36+,39-,40+,41+,42-,44-,50+,51-,52+/m0/s1. The number of carbonyl (C=O) groups excluding carboxylic acids is 8. The summed E-state index contributed by atoms with van der Waals surface area (Å²) in [6.07, 6.45) is -13.5. The molecule has 7 rings (SSSR count). The summed E-state index contributed by atoms with van der Waals surface area (Å²) < 4.78 is 63.5. The highest BCUT2D eigenvalue weighted by atomic mass is 31.2. The van der Waals surface area contributed by atoms with Crippen molar-refractivity contribution in [2.45, 2.75) is 115 Å². The van der Waals surface area contributed by atoms with E-state index in [1.807, 2.05) is 0 Å². The zero-order valence-electron chi connectivity index (χ0n) is 42.0. The van der Waals surface area contributed by atoms with Gasteiger partial charge in [0, 0.05) is 37.7 Å². The zero-order chi connectivity index (χ0) is 54.8. The molecule has 23 heteroatoms. The molecule has 3 aromatic carbocycles. The van der Waals surface area contributed by atoms with Gasteiger partial charge < -0.3 is 58.1 Å². The number of rotatable bonds is 16. The topological polar surface area (TPSA) is 309 Å². The van der Waals surface area contributed by atoms with Crippen LogP contribution in [0.25, 0.3) is 0 Å². The van der Waals surface area contributed by atoms with Crippen molar-refractivity contribution in [3.63, 3.8) is 0 Å². The molecule has 4 N–H and O–H groups in total. The molecule has 22 nitrogen and oxygen atoms in total. The number of nitrogens with one attached hydrogen (secondary N) is 1. The number of Topliss-reactive ketones (excluding diaryl/α,β-unsaturated/α-hetero) is 1. The van der Waals surface area contributed by atoms with Crippen LogP contribution in [-0.4, -0.2) is 130 Å². The summed E-state index contributed by atoms with van der Waals surface area (Å²) in [5.41, 5.74) is -8.71. The SMILES string of the molecule is CCOC(=O)O[C@@H](C(=O)O[C@H]1C[C@@]2(O)[C@@H](OC(=O)c3ccccc3)[C@@H]3[C@]4(OC(C)=O)CO[C@@H]4C[C@H](OC(=O)COP(=O)(O)O)[C@@]3(C)C(=O)[C@H](OC(C)=O)C(=C1C)C2(C)C)[C@@H](NC(=O)c1ccccc1)c1ccccc1. The number of ether oxygens (including phenoxy) is 8. The summed E-state index contributed by atoms with van der Waals surface area (Å²) in [6.45, 7) is 7.13. The number of ketones is 1. The summed E-state index contributed by atoms with van der Waals surface area (Å²) in [5, 5.41) is 16.8. The van der Waals surface area contributed by atoms with Crippen molar-refractivity contribution in [1.82, 2.24) is 5.32 Å². The van der Waals surface area contributed by atoms with E-state index in [0.717, 1.165) is 13.8 Å². The van der Waals surface area contributed by atoms with Crippen LogP contribution in [0.5, 0.6) is 0 Å². The molecule has 0 radical (unpaired) electrons. The van der Waals surface area contributed by atoms with E-state index in [4.69, 9.17) is 37.9 Å². The van der Waals surface area contributed by atoms with Gasteiger partial charge in [-0.05, 0) is 61.7 Å². The van der Waals surface area contributed by atoms with E-state index in [0.29, 0.717) is 0 Å². The first-order chi connectivity index (χ1) is 35.3. The number of aliphatic hydroxyl groups is 1. The minimum atomic E-state index is -5.27. The number of benzene rings is 3. The van der Waals surface area contributed by atoms with E-state index in [2.05, 4.69) is 9.84 Å². The molecule has 2 saturated carbocycles. The fourth-order valence-electron chi connectivity index (χ4n) is 11.0. The molecule has 3 aromatic rings. The second-order valence-electron chi connectivity index (χ2n) is 19.4. The molecule has 0 spiro atoms. The summed E-state index contributed by atoms with van der Waals surface area (Å²) >= 11 is 0. The smallest absolute Gasteiger partial charge is 0.459 e. The van der Waals surface area contributed by atoms with E-state index in [-0.39, 0.29) is 34.4 Å². The van der Waals surface area contributed by atoms with E-state index in [1.54, 1.807) is 54.6 Å². The summed E-state index contributed by atoms with van der Waals surface area (Å²) in [5.74, 6) is -9.35. The van der Waals surface area contributed by atoms with Gasteiger partial charge in [0.1, 0.15) is 36.1 Å². The van der Waals surface area contributed by atoms with Gasteiger partial charge in [-0.3, -0.25) is 23.7 Å². The van der Waals surface area contributed by atoms with Crippen molar-refractivity contribution >= 4 is 55.5 Å². The molecule has 1 aliphatic heterocycles. The lowest BCUT2D eigenvalue weighted by molar-refractivity contribution is -0.346. The normalized spacial score (nSPS) is 28.4. The van der Waals surface area contributed by atoms with Crippen LogP contribution >= 0.6 is 7.82 Å². The van der Waals surface area contributed by atoms with Gasteiger partial charge in [-0.25, -0.2) is 23.7 Å². The first-order valence-electron chi connectivity index (χ1n) is 23.9. The van der Waals surface area contributed by atoms with E-state index in [9.17, 15) is 48.2 Å². The molecular formula is C52H58NO21P. The molecule has 75 heavy (non-hydrogen) atoms. The molecule has 402 valence electrons. The Bertz CT molecular complexity index is 2780. The molecule has 1 amide bonds. The third-order valence-electron chi connectivity index (χ3n) is 14.5. The number of esters is 5. The lowest BCUT2D eigenvalue weighted by atomic mass is 9.44. The fourth-order valence-corrected chi connectivity index (χ4v) is 11.3. The van der Waals surface area contributed by atoms with Crippen LogP contribution in [0.1, 0.15) is 93.6 Å². The maximum Gasteiger partial charge on any atom is 0.509 e. The van der Waals surface area contributed by atoms with Crippen molar-refractivity contribution in [3.05, 3.63) is 119 Å². The Balaban J connectivity index is 1.45. The molecule has 11 atom stereocenters. The molecule has 0 unspecified atom stereocenters. The van der Waals surface area contributed by atoms with Crippen LogP contribution in [0.2, 0.25) is 0 Å². The van der Waals surface area contributed by atoms with Crippen molar-refractivity contribution < 1.29 is 100 Å². The van der Waals surface area contributed by atoms with Crippen molar-refractivity contribution in [3.8, 4) is 0 Å². The van der Waals surface area contributed by atoms with E-state index < -0.39 is 152 Å². The van der Waals surface area contributed by atoms with Crippen molar-refractivity contribution in [2.75, 3.05) is 19.8 Å². The monoisotopic (exact) mass is 1060 g/mol. The van der Waals surface area contributed by atoms with Gasteiger partial charge in [0.05, 0.1) is 30.1 Å². The van der Waals surface area contributed by atoms with E-state index in [1.165, 1.54) is 71.0 Å².